The Bertz CT molecular complexity index is 928. The van der Waals surface area contributed by atoms with Crippen LogP contribution in [-0.4, -0.2) is 29.1 Å². The highest BCUT2D eigenvalue weighted by molar-refractivity contribution is 5.45. The van der Waals surface area contributed by atoms with Gasteiger partial charge in [-0.15, -0.1) is 0 Å². The number of piperidine rings is 1. The van der Waals surface area contributed by atoms with Gasteiger partial charge in [-0.1, -0.05) is 12.1 Å². The molecule has 1 aliphatic rings. The smallest absolute Gasteiger partial charge is 0.228 e. The zero-order valence-corrected chi connectivity index (χ0v) is 15.2. The van der Waals surface area contributed by atoms with Crippen LogP contribution in [0.2, 0.25) is 0 Å². The van der Waals surface area contributed by atoms with E-state index >= 15 is 0 Å². The molecule has 0 bridgehead atoms. The molecule has 28 heavy (non-hydrogen) atoms. The van der Waals surface area contributed by atoms with Crippen LogP contribution in [0, 0.1) is 11.6 Å². The van der Waals surface area contributed by atoms with Crippen molar-refractivity contribution in [1.29, 1.82) is 0 Å². The SMILES string of the molecule is Fc1ccc(Oc2ccnc(N3CCC(Nc4ccccc4F)CC3)n2)cc1. The number of hydrogen-bond acceptors (Lipinski definition) is 5. The lowest BCUT2D eigenvalue weighted by molar-refractivity contribution is 0.456. The summed E-state index contributed by atoms with van der Waals surface area (Å²) >= 11 is 0. The van der Waals surface area contributed by atoms with E-state index in [0.717, 1.165) is 25.9 Å². The van der Waals surface area contributed by atoms with Crippen LogP contribution < -0.4 is 15.0 Å². The topological polar surface area (TPSA) is 50.3 Å². The summed E-state index contributed by atoms with van der Waals surface area (Å²) in [4.78, 5) is 10.9. The van der Waals surface area contributed by atoms with Gasteiger partial charge >= 0.3 is 0 Å². The van der Waals surface area contributed by atoms with Gasteiger partial charge < -0.3 is 15.0 Å². The summed E-state index contributed by atoms with van der Waals surface area (Å²) < 4.78 is 32.5. The molecular formula is C21H20F2N4O. The normalized spacial score (nSPS) is 14.7. The first-order chi connectivity index (χ1) is 13.7. The lowest BCUT2D eigenvalue weighted by Crippen LogP contribution is -2.40. The highest BCUT2D eigenvalue weighted by atomic mass is 19.1. The molecule has 4 rings (SSSR count). The van der Waals surface area contributed by atoms with Crippen LogP contribution in [0.3, 0.4) is 0 Å². The first-order valence-corrected chi connectivity index (χ1v) is 9.20. The van der Waals surface area contributed by atoms with Gasteiger partial charge in [0, 0.05) is 31.4 Å². The number of benzene rings is 2. The van der Waals surface area contributed by atoms with E-state index in [0.29, 0.717) is 23.3 Å². The molecule has 1 fully saturated rings. The van der Waals surface area contributed by atoms with Crippen LogP contribution >= 0.6 is 0 Å². The highest BCUT2D eigenvalue weighted by Crippen LogP contribution is 2.24. The number of rotatable bonds is 5. The Labute approximate surface area is 162 Å². The molecule has 5 nitrogen and oxygen atoms in total. The van der Waals surface area contributed by atoms with Crippen molar-refractivity contribution >= 4 is 11.6 Å². The number of para-hydroxylation sites is 1. The van der Waals surface area contributed by atoms with E-state index in [2.05, 4.69) is 20.2 Å². The summed E-state index contributed by atoms with van der Waals surface area (Å²) in [5.41, 5.74) is 0.534. The lowest BCUT2D eigenvalue weighted by atomic mass is 10.0. The lowest BCUT2D eigenvalue weighted by Gasteiger charge is -2.33. The third-order valence-corrected chi connectivity index (χ3v) is 4.66. The van der Waals surface area contributed by atoms with Gasteiger partial charge in [-0.05, 0) is 49.2 Å². The van der Waals surface area contributed by atoms with Crippen molar-refractivity contribution < 1.29 is 13.5 Å². The molecule has 2 aromatic carbocycles. The quantitative estimate of drug-likeness (QED) is 0.697. The van der Waals surface area contributed by atoms with Crippen molar-refractivity contribution in [1.82, 2.24) is 9.97 Å². The zero-order chi connectivity index (χ0) is 19.3. The summed E-state index contributed by atoms with van der Waals surface area (Å²) in [5, 5.41) is 3.27. The number of nitrogens with one attached hydrogen (secondary N) is 1. The van der Waals surface area contributed by atoms with Gasteiger partial charge in [0.15, 0.2) is 0 Å². The fourth-order valence-corrected chi connectivity index (χ4v) is 3.19. The minimum Gasteiger partial charge on any atom is -0.439 e. The average molecular weight is 382 g/mol. The molecule has 0 spiro atoms. The molecule has 0 aliphatic carbocycles. The Morgan fingerprint density at radius 1 is 0.964 bits per heavy atom. The van der Waals surface area contributed by atoms with Crippen molar-refractivity contribution in [2.45, 2.75) is 18.9 Å². The zero-order valence-electron chi connectivity index (χ0n) is 15.2. The summed E-state index contributed by atoms with van der Waals surface area (Å²) in [6.45, 7) is 1.51. The van der Waals surface area contributed by atoms with Gasteiger partial charge in [-0.3, -0.25) is 0 Å². The van der Waals surface area contributed by atoms with Crippen LogP contribution in [-0.2, 0) is 0 Å². The van der Waals surface area contributed by atoms with Crippen LogP contribution in [0.1, 0.15) is 12.8 Å². The Morgan fingerprint density at radius 3 is 2.46 bits per heavy atom. The van der Waals surface area contributed by atoms with Crippen molar-refractivity contribution in [2.75, 3.05) is 23.3 Å². The molecule has 0 radical (unpaired) electrons. The Balaban J connectivity index is 1.37. The average Bonchev–Trinajstić information content (AvgIpc) is 2.72. The number of nitrogens with zero attached hydrogens (tertiary/aromatic N) is 3. The fourth-order valence-electron chi connectivity index (χ4n) is 3.19. The molecule has 1 saturated heterocycles. The molecule has 0 atom stereocenters. The summed E-state index contributed by atoms with van der Waals surface area (Å²) in [7, 11) is 0. The molecule has 7 heteroatoms. The summed E-state index contributed by atoms with van der Waals surface area (Å²) in [5.74, 6) is 0.951. The van der Waals surface area contributed by atoms with Crippen molar-refractivity contribution in [2.24, 2.45) is 0 Å². The van der Waals surface area contributed by atoms with Crippen LogP contribution in [0.4, 0.5) is 20.4 Å². The maximum atomic E-state index is 13.8. The van der Waals surface area contributed by atoms with E-state index in [1.807, 2.05) is 6.07 Å². The first-order valence-electron chi connectivity index (χ1n) is 9.20. The molecule has 1 aliphatic heterocycles. The third-order valence-electron chi connectivity index (χ3n) is 4.66. The third kappa shape index (κ3) is 4.36. The molecule has 3 aromatic rings. The molecule has 1 N–H and O–H groups in total. The largest absolute Gasteiger partial charge is 0.439 e. The van der Waals surface area contributed by atoms with E-state index in [-0.39, 0.29) is 17.7 Å². The van der Waals surface area contributed by atoms with Gasteiger partial charge in [-0.2, -0.15) is 4.98 Å². The Morgan fingerprint density at radius 2 is 1.71 bits per heavy atom. The number of aromatic nitrogens is 2. The van der Waals surface area contributed by atoms with Gasteiger partial charge in [0.2, 0.25) is 11.8 Å². The minimum atomic E-state index is -0.317. The van der Waals surface area contributed by atoms with E-state index in [1.54, 1.807) is 36.5 Å². The number of hydrogen-bond donors (Lipinski definition) is 1. The van der Waals surface area contributed by atoms with Crippen molar-refractivity contribution in [3.8, 4) is 11.6 Å². The molecule has 1 aromatic heterocycles. The first kappa shape index (κ1) is 18.2. The van der Waals surface area contributed by atoms with Gasteiger partial charge in [0.05, 0.1) is 5.69 Å². The van der Waals surface area contributed by atoms with Crippen LogP contribution in [0.5, 0.6) is 11.6 Å². The molecule has 0 amide bonds. The van der Waals surface area contributed by atoms with E-state index < -0.39 is 0 Å². The fraction of sp³-hybridized carbons (Fsp3) is 0.238. The van der Waals surface area contributed by atoms with Crippen LogP contribution in [0.15, 0.2) is 60.8 Å². The van der Waals surface area contributed by atoms with Crippen LogP contribution in [0.25, 0.3) is 0 Å². The number of ether oxygens (including phenoxy) is 1. The Kier molecular flexibility index (Phi) is 5.32. The molecule has 0 saturated carbocycles. The standard InChI is InChI=1S/C21H20F2N4O/c22-15-5-7-17(8-6-15)28-20-9-12-24-21(26-20)27-13-10-16(11-14-27)25-19-4-2-1-3-18(19)23/h1-9,12,16,25H,10-11,13-14H2. The number of anilines is 2. The monoisotopic (exact) mass is 382 g/mol. The predicted octanol–water partition coefficient (Wildman–Crippen LogP) is 4.63. The second-order valence-electron chi connectivity index (χ2n) is 6.64. The van der Waals surface area contributed by atoms with Gasteiger partial charge in [0.1, 0.15) is 17.4 Å². The van der Waals surface area contributed by atoms with Crippen molar-refractivity contribution in [3.05, 3.63) is 72.4 Å². The molecular weight excluding hydrogens is 362 g/mol. The van der Waals surface area contributed by atoms with Gasteiger partial charge in [0.25, 0.3) is 0 Å². The highest BCUT2D eigenvalue weighted by Gasteiger charge is 2.22. The second kappa shape index (κ2) is 8.21. The van der Waals surface area contributed by atoms with E-state index in [9.17, 15) is 8.78 Å². The molecule has 144 valence electrons. The van der Waals surface area contributed by atoms with Crippen molar-refractivity contribution in [3.63, 3.8) is 0 Å². The molecule has 2 heterocycles. The molecule has 0 unspecified atom stereocenters. The maximum Gasteiger partial charge on any atom is 0.228 e. The van der Waals surface area contributed by atoms with Gasteiger partial charge in [-0.25, -0.2) is 13.8 Å². The number of halogens is 2. The summed E-state index contributed by atoms with van der Waals surface area (Å²) in [6.07, 6.45) is 3.34. The summed E-state index contributed by atoms with van der Waals surface area (Å²) in [6, 6.07) is 14.4. The Hall–Kier alpha value is -3.22. The maximum absolute atomic E-state index is 13.8. The minimum absolute atomic E-state index is 0.201. The second-order valence-corrected chi connectivity index (χ2v) is 6.64. The predicted molar refractivity (Wildman–Crippen MR) is 104 cm³/mol. The van der Waals surface area contributed by atoms with E-state index in [1.165, 1.54) is 18.2 Å². The van der Waals surface area contributed by atoms with E-state index in [4.69, 9.17) is 4.74 Å².